The molecule has 0 bridgehead atoms. The summed E-state index contributed by atoms with van der Waals surface area (Å²) in [5.74, 6) is -1.85. The molecular weight excluding hydrogens is 437 g/mol. The van der Waals surface area contributed by atoms with E-state index in [1.807, 2.05) is 17.5 Å². The second-order valence-electron chi connectivity index (χ2n) is 7.06. The van der Waals surface area contributed by atoms with Crippen molar-refractivity contribution in [3.05, 3.63) is 23.1 Å². The average molecular weight is 458 g/mol. The quantitative estimate of drug-likeness (QED) is 0.112. The van der Waals surface area contributed by atoms with Crippen LogP contribution in [0.1, 0.15) is 18.7 Å². The Bertz CT molecular complexity index is 1050. The van der Waals surface area contributed by atoms with E-state index in [1.165, 1.54) is 22.6 Å². The van der Waals surface area contributed by atoms with Gasteiger partial charge in [0.15, 0.2) is 0 Å². The summed E-state index contributed by atoms with van der Waals surface area (Å²) >= 11 is 2.97. The number of carboxylic acids is 1. The van der Waals surface area contributed by atoms with Crippen molar-refractivity contribution in [2.75, 3.05) is 12.3 Å². The Morgan fingerprint density at radius 2 is 2.30 bits per heavy atom. The molecule has 154 valence electrons. The first-order valence-electron chi connectivity index (χ1n) is 9.13. The summed E-state index contributed by atoms with van der Waals surface area (Å²) in [4.78, 5) is 35.7. The number of aliphatic carboxylic acids is 1. The summed E-state index contributed by atoms with van der Waals surface area (Å²) in [6.45, 7) is 4.02. The fraction of sp³-hybridized carbons (Fsp3) is 0.444. The zero-order valence-corrected chi connectivity index (χ0v) is 20.4. The number of fused-ring (bicyclic) bond motifs is 2. The number of thiazole rings is 1. The van der Waals surface area contributed by atoms with Crippen LogP contribution in [0.2, 0.25) is 0 Å². The predicted octanol–water partition coefficient (Wildman–Crippen LogP) is -3.20. The second-order valence-corrected chi connectivity index (χ2v) is 9.18. The average Bonchev–Trinajstić information content (AvgIpc) is 3.29. The van der Waals surface area contributed by atoms with Crippen LogP contribution < -0.4 is 40.4 Å². The van der Waals surface area contributed by atoms with Crippen molar-refractivity contribution in [3.63, 3.8) is 0 Å². The maximum Gasteiger partial charge on any atom is 1.00 e. The first-order chi connectivity index (χ1) is 13.9. The molecule has 2 aromatic rings. The Kier molecular flexibility index (Phi) is 7.00. The second kappa shape index (κ2) is 9.01. The molecule has 1 fully saturated rings. The summed E-state index contributed by atoms with van der Waals surface area (Å²) in [5, 5.41) is 22.7. The van der Waals surface area contributed by atoms with Crippen molar-refractivity contribution in [3.8, 4) is 0 Å². The van der Waals surface area contributed by atoms with Gasteiger partial charge in [-0.2, -0.15) is 0 Å². The van der Waals surface area contributed by atoms with E-state index < -0.39 is 18.0 Å². The molecule has 4 heterocycles. The Hall–Kier alpha value is -1.37. The van der Waals surface area contributed by atoms with Gasteiger partial charge in [0.2, 0.25) is 5.91 Å². The third-order valence-electron chi connectivity index (χ3n) is 5.38. The summed E-state index contributed by atoms with van der Waals surface area (Å²) < 4.78 is 1.85. The molecule has 4 atom stereocenters. The molecule has 2 aromatic heterocycles. The smallest absolute Gasteiger partial charge is 0.543 e. The van der Waals surface area contributed by atoms with Gasteiger partial charge < -0.3 is 25.6 Å². The first kappa shape index (κ1) is 23.3. The van der Waals surface area contributed by atoms with Crippen LogP contribution in [0.15, 0.2) is 28.2 Å². The molecule has 0 aliphatic carbocycles. The number of aromatic nitrogens is 2. The standard InChI is InChI=1S/C18H21N5O4S2.Na/c1-8-11(14(18(26)27)23-13(8)12(9(2)24)16(23)25)10-5-22-7-21-15(17(22)29-10)28-4-3-20-6-19;/h5-9,12-13,24H,3-4H2,1-2H3,(H2,19,20)(H,26,27);/q;+1/p-1/t8-,9+,12+,13+;/m0./s1. The van der Waals surface area contributed by atoms with E-state index in [1.54, 1.807) is 25.0 Å². The minimum absolute atomic E-state index is 0. The van der Waals surface area contributed by atoms with Gasteiger partial charge in [-0.3, -0.25) is 14.2 Å². The van der Waals surface area contributed by atoms with Gasteiger partial charge in [0.25, 0.3) is 0 Å². The van der Waals surface area contributed by atoms with Gasteiger partial charge in [0.05, 0.1) is 47.5 Å². The first-order valence-corrected chi connectivity index (χ1v) is 10.9. The Labute approximate surface area is 203 Å². The van der Waals surface area contributed by atoms with Crippen molar-refractivity contribution < 1.29 is 49.4 Å². The number of nitrogens with zero attached hydrogens (tertiary/aromatic N) is 4. The van der Waals surface area contributed by atoms with Crippen LogP contribution in [0.5, 0.6) is 0 Å². The van der Waals surface area contributed by atoms with E-state index in [0.717, 1.165) is 20.5 Å². The number of imidazole rings is 1. The third-order valence-corrected chi connectivity index (χ3v) is 7.61. The van der Waals surface area contributed by atoms with Crippen LogP contribution >= 0.6 is 23.1 Å². The maximum absolute atomic E-state index is 12.5. The molecule has 2 aliphatic heterocycles. The van der Waals surface area contributed by atoms with E-state index in [0.29, 0.717) is 12.1 Å². The van der Waals surface area contributed by atoms with Crippen molar-refractivity contribution in [1.29, 1.82) is 0 Å². The van der Waals surface area contributed by atoms with E-state index in [-0.39, 0.29) is 53.1 Å². The molecule has 3 N–H and O–H groups in total. The Balaban J connectivity index is 0.00000256. The van der Waals surface area contributed by atoms with Gasteiger partial charge in [-0.25, -0.2) is 4.98 Å². The molecule has 2 aliphatic rings. The van der Waals surface area contributed by atoms with E-state index >= 15 is 0 Å². The van der Waals surface area contributed by atoms with Crippen LogP contribution in [0, 0.1) is 11.8 Å². The van der Waals surface area contributed by atoms with E-state index in [9.17, 15) is 19.8 Å². The molecule has 12 heteroatoms. The fourth-order valence-electron chi connectivity index (χ4n) is 4.15. The fourth-order valence-corrected chi connectivity index (χ4v) is 6.31. The van der Waals surface area contributed by atoms with Gasteiger partial charge in [0.1, 0.15) is 16.2 Å². The molecule has 0 radical (unpaired) electrons. The van der Waals surface area contributed by atoms with E-state index in [4.69, 9.17) is 5.73 Å². The van der Waals surface area contributed by atoms with Crippen molar-refractivity contribution in [2.45, 2.75) is 31.0 Å². The summed E-state index contributed by atoms with van der Waals surface area (Å²) in [7, 11) is 0. The number of amides is 1. The number of thioether (sulfide) groups is 1. The molecule has 0 aromatic carbocycles. The van der Waals surface area contributed by atoms with Gasteiger partial charge in [0, 0.05) is 23.4 Å². The van der Waals surface area contributed by atoms with Gasteiger partial charge >= 0.3 is 29.6 Å². The van der Waals surface area contributed by atoms with Crippen molar-refractivity contribution >= 4 is 51.7 Å². The number of nitrogens with two attached hydrogens (primary N) is 1. The van der Waals surface area contributed by atoms with Gasteiger partial charge in [-0.05, 0) is 6.92 Å². The van der Waals surface area contributed by atoms with Gasteiger partial charge in [-0.15, -0.1) is 23.1 Å². The number of β-lactam (4-membered cyclic amide) rings is 1. The number of carboxylic acid groups (broad SMARTS) is 1. The van der Waals surface area contributed by atoms with Crippen molar-refractivity contribution in [2.24, 2.45) is 22.6 Å². The molecule has 9 nitrogen and oxygen atoms in total. The summed E-state index contributed by atoms with van der Waals surface area (Å²) in [6.07, 6.45) is 3.95. The van der Waals surface area contributed by atoms with Crippen LogP contribution in [-0.2, 0) is 9.59 Å². The topological polar surface area (TPSA) is 136 Å². The molecule has 0 spiro atoms. The van der Waals surface area contributed by atoms with Gasteiger partial charge in [-0.1, -0.05) is 6.92 Å². The molecule has 0 saturated carbocycles. The zero-order valence-electron chi connectivity index (χ0n) is 16.8. The van der Waals surface area contributed by atoms with Crippen LogP contribution in [0.25, 0.3) is 10.4 Å². The number of hydrogen-bond donors (Lipinski definition) is 2. The monoisotopic (exact) mass is 457 g/mol. The predicted molar refractivity (Wildman–Crippen MR) is 108 cm³/mol. The molecular formula is C18H20N5NaO4S2. The zero-order chi connectivity index (χ0) is 20.9. The SMILES string of the molecule is C[C@@H](O)[C@H]1C(=O)N2C(C(=O)[O-])=C(c3cn4cnc(SCCN=CN)c4s3)[C@H](C)[C@H]12.[Na+]. The number of aliphatic hydroxyl groups is 1. The number of hydrogen-bond acceptors (Lipinski definition) is 8. The molecule has 4 rings (SSSR count). The number of carbonyl (C=O) groups excluding carboxylic acids is 2. The van der Waals surface area contributed by atoms with Crippen LogP contribution in [0.4, 0.5) is 0 Å². The number of carbonyl (C=O) groups is 2. The number of aliphatic hydroxyl groups excluding tert-OH is 1. The third kappa shape index (κ3) is 3.61. The largest absolute Gasteiger partial charge is 1.00 e. The molecule has 1 saturated heterocycles. The summed E-state index contributed by atoms with van der Waals surface area (Å²) in [5.41, 5.74) is 5.73. The normalized spacial score (nSPS) is 24.3. The summed E-state index contributed by atoms with van der Waals surface area (Å²) in [6, 6.07) is -0.368. The number of aliphatic imine (C=N–C) groups is 1. The molecule has 30 heavy (non-hydrogen) atoms. The van der Waals surface area contributed by atoms with Crippen LogP contribution in [-0.4, -0.2) is 62.0 Å². The van der Waals surface area contributed by atoms with Crippen molar-refractivity contribution in [1.82, 2.24) is 14.3 Å². The Morgan fingerprint density at radius 1 is 1.57 bits per heavy atom. The molecule has 1 amide bonds. The van der Waals surface area contributed by atoms with E-state index in [2.05, 4.69) is 9.98 Å². The minimum atomic E-state index is -1.38. The number of rotatable bonds is 7. The molecule has 0 unspecified atom stereocenters. The van der Waals surface area contributed by atoms with Crippen LogP contribution in [0.3, 0.4) is 0 Å². The Morgan fingerprint density at radius 3 is 2.93 bits per heavy atom. The minimum Gasteiger partial charge on any atom is -0.543 e. The maximum atomic E-state index is 12.5.